The van der Waals surface area contributed by atoms with Crippen LogP contribution in [0.4, 0.5) is 5.95 Å². The Morgan fingerprint density at radius 1 is 1.21 bits per heavy atom. The Balaban J connectivity index is 2.59. The van der Waals surface area contributed by atoms with E-state index in [1.54, 1.807) is 19.5 Å². The average Bonchev–Trinajstić information content (AvgIpc) is 2.19. The Morgan fingerprint density at radius 3 is 2.21 bits per heavy atom. The van der Waals surface area contributed by atoms with E-state index in [1.165, 1.54) is 0 Å². The zero-order valence-electron chi connectivity index (χ0n) is 9.11. The van der Waals surface area contributed by atoms with Gasteiger partial charge in [0.1, 0.15) is 0 Å². The molecule has 0 amide bonds. The van der Waals surface area contributed by atoms with Gasteiger partial charge in [-0.2, -0.15) is 0 Å². The van der Waals surface area contributed by atoms with E-state index in [4.69, 9.17) is 4.74 Å². The number of hydrogen-bond acceptors (Lipinski definition) is 4. The van der Waals surface area contributed by atoms with Crippen LogP contribution >= 0.6 is 0 Å². The van der Waals surface area contributed by atoms with E-state index in [0.29, 0.717) is 23.7 Å². The second kappa shape index (κ2) is 4.79. The smallest absolute Gasteiger partial charge is 0.223 e. The molecule has 1 rings (SSSR count). The van der Waals surface area contributed by atoms with E-state index in [2.05, 4.69) is 36.1 Å². The SMILES string of the molecule is COc1cnc(NC(C)C(C)C)nc1. The maximum Gasteiger partial charge on any atom is 0.223 e. The molecule has 1 aromatic heterocycles. The summed E-state index contributed by atoms with van der Waals surface area (Å²) in [7, 11) is 1.60. The fourth-order valence-corrected chi connectivity index (χ4v) is 0.866. The van der Waals surface area contributed by atoms with Crippen molar-refractivity contribution in [3.63, 3.8) is 0 Å². The first-order chi connectivity index (χ1) is 6.63. The molecule has 1 atom stereocenters. The Labute approximate surface area is 84.7 Å². The molecule has 4 heteroatoms. The molecule has 0 spiro atoms. The lowest BCUT2D eigenvalue weighted by atomic mass is 10.1. The van der Waals surface area contributed by atoms with Crippen molar-refractivity contribution < 1.29 is 4.74 Å². The maximum atomic E-state index is 4.97. The molecule has 1 N–H and O–H groups in total. The van der Waals surface area contributed by atoms with Gasteiger partial charge in [0.2, 0.25) is 5.95 Å². The first-order valence-electron chi connectivity index (χ1n) is 4.76. The Morgan fingerprint density at radius 2 is 1.79 bits per heavy atom. The predicted octanol–water partition coefficient (Wildman–Crippen LogP) is 1.94. The summed E-state index contributed by atoms with van der Waals surface area (Å²) in [5, 5.41) is 3.21. The summed E-state index contributed by atoms with van der Waals surface area (Å²) in [6.45, 7) is 6.42. The lowest BCUT2D eigenvalue weighted by Crippen LogP contribution is -2.22. The molecular weight excluding hydrogens is 178 g/mol. The normalized spacial score (nSPS) is 12.6. The molecule has 0 radical (unpaired) electrons. The van der Waals surface area contributed by atoms with Crippen LogP contribution < -0.4 is 10.1 Å². The minimum absolute atomic E-state index is 0.364. The Hall–Kier alpha value is -1.32. The molecule has 0 aliphatic rings. The van der Waals surface area contributed by atoms with E-state index >= 15 is 0 Å². The topological polar surface area (TPSA) is 47.0 Å². The molecule has 4 nitrogen and oxygen atoms in total. The highest BCUT2D eigenvalue weighted by molar-refractivity contribution is 5.28. The van der Waals surface area contributed by atoms with E-state index in [0.717, 1.165) is 0 Å². The first kappa shape index (κ1) is 10.8. The molecule has 0 aliphatic carbocycles. The van der Waals surface area contributed by atoms with Crippen molar-refractivity contribution in [1.29, 1.82) is 0 Å². The van der Waals surface area contributed by atoms with Gasteiger partial charge in [0, 0.05) is 6.04 Å². The van der Waals surface area contributed by atoms with Crippen molar-refractivity contribution in [2.75, 3.05) is 12.4 Å². The Kier molecular flexibility index (Phi) is 3.68. The van der Waals surface area contributed by atoms with Crippen LogP contribution in [0.3, 0.4) is 0 Å². The van der Waals surface area contributed by atoms with E-state index in [-0.39, 0.29) is 0 Å². The maximum absolute atomic E-state index is 4.97. The van der Waals surface area contributed by atoms with Crippen LogP contribution in [0.1, 0.15) is 20.8 Å². The summed E-state index contributed by atoms with van der Waals surface area (Å²) < 4.78 is 4.97. The lowest BCUT2D eigenvalue weighted by Gasteiger charge is -2.16. The lowest BCUT2D eigenvalue weighted by molar-refractivity contribution is 0.410. The molecule has 0 fully saturated rings. The average molecular weight is 195 g/mol. The highest BCUT2D eigenvalue weighted by atomic mass is 16.5. The zero-order chi connectivity index (χ0) is 10.6. The molecule has 1 heterocycles. The molecular formula is C10H17N3O. The Bertz CT molecular complexity index is 271. The third-order valence-corrected chi connectivity index (χ3v) is 2.22. The van der Waals surface area contributed by atoms with Crippen LogP contribution in [-0.4, -0.2) is 23.1 Å². The summed E-state index contributed by atoms with van der Waals surface area (Å²) in [6.07, 6.45) is 3.31. The zero-order valence-corrected chi connectivity index (χ0v) is 9.11. The molecule has 0 saturated heterocycles. The van der Waals surface area contributed by atoms with Gasteiger partial charge in [-0.3, -0.25) is 0 Å². The van der Waals surface area contributed by atoms with Crippen LogP contribution in [0.2, 0.25) is 0 Å². The number of nitrogens with one attached hydrogen (secondary N) is 1. The molecule has 0 aliphatic heterocycles. The second-order valence-electron chi connectivity index (χ2n) is 3.62. The van der Waals surface area contributed by atoms with Crippen LogP contribution in [-0.2, 0) is 0 Å². The summed E-state index contributed by atoms with van der Waals surface area (Å²) in [4.78, 5) is 8.25. The van der Waals surface area contributed by atoms with Crippen LogP contribution in [0.5, 0.6) is 5.75 Å². The predicted molar refractivity (Wildman–Crippen MR) is 56.5 cm³/mol. The third kappa shape index (κ3) is 2.87. The number of ether oxygens (including phenoxy) is 1. The van der Waals surface area contributed by atoms with Crippen LogP contribution in [0.25, 0.3) is 0 Å². The van der Waals surface area contributed by atoms with Gasteiger partial charge in [-0.05, 0) is 12.8 Å². The van der Waals surface area contributed by atoms with Crippen LogP contribution in [0, 0.1) is 5.92 Å². The van der Waals surface area contributed by atoms with Gasteiger partial charge in [-0.15, -0.1) is 0 Å². The summed E-state index contributed by atoms with van der Waals surface area (Å²) in [6, 6.07) is 0.364. The number of rotatable bonds is 4. The van der Waals surface area contributed by atoms with Gasteiger partial charge in [0.05, 0.1) is 19.5 Å². The van der Waals surface area contributed by atoms with Crippen molar-refractivity contribution in [2.24, 2.45) is 5.92 Å². The number of methoxy groups -OCH3 is 1. The van der Waals surface area contributed by atoms with E-state index in [1.807, 2.05) is 0 Å². The first-order valence-corrected chi connectivity index (χ1v) is 4.76. The number of hydrogen-bond donors (Lipinski definition) is 1. The minimum atomic E-state index is 0.364. The number of nitrogens with zero attached hydrogens (tertiary/aromatic N) is 2. The standard InChI is InChI=1S/C10H17N3O/c1-7(2)8(3)13-10-11-5-9(14-4)6-12-10/h5-8H,1-4H3,(H,11,12,13). The van der Waals surface area contributed by atoms with Gasteiger partial charge in [-0.1, -0.05) is 13.8 Å². The van der Waals surface area contributed by atoms with Crippen molar-refractivity contribution in [3.05, 3.63) is 12.4 Å². The number of anilines is 1. The summed E-state index contributed by atoms with van der Waals surface area (Å²) >= 11 is 0. The molecule has 78 valence electrons. The monoisotopic (exact) mass is 195 g/mol. The van der Waals surface area contributed by atoms with Crippen LogP contribution in [0.15, 0.2) is 12.4 Å². The molecule has 1 unspecified atom stereocenters. The van der Waals surface area contributed by atoms with Crippen molar-refractivity contribution in [3.8, 4) is 5.75 Å². The molecule has 1 aromatic rings. The largest absolute Gasteiger partial charge is 0.494 e. The van der Waals surface area contributed by atoms with Gasteiger partial charge in [-0.25, -0.2) is 9.97 Å². The van der Waals surface area contributed by atoms with Crippen molar-refractivity contribution in [2.45, 2.75) is 26.8 Å². The molecule has 0 aromatic carbocycles. The number of aromatic nitrogens is 2. The highest BCUT2D eigenvalue weighted by Gasteiger charge is 2.07. The van der Waals surface area contributed by atoms with Gasteiger partial charge < -0.3 is 10.1 Å². The molecule has 0 bridgehead atoms. The summed E-state index contributed by atoms with van der Waals surface area (Å²) in [5.74, 6) is 1.88. The van der Waals surface area contributed by atoms with E-state index in [9.17, 15) is 0 Å². The van der Waals surface area contributed by atoms with Gasteiger partial charge in [0.15, 0.2) is 5.75 Å². The molecule has 14 heavy (non-hydrogen) atoms. The van der Waals surface area contributed by atoms with Crippen molar-refractivity contribution in [1.82, 2.24) is 9.97 Å². The van der Waals surface area contributed by atoms with E-state index < -0.39 is 0 Å². The third-order valence-electron chi connectivity index (χ3n) is 2.22. The van der Waals surface area contributed by atoms with Gasteiger partial charge in [0.25, 0.3) is 0 Å². The quantitative estimate of drug-likeness (QED) is 0.797. The fourth-order valence-electron chi connectivity index (χ4n) is 0.866. The highest BCUT2D eigenvalue weighted by Crippen LogP contribution is 2.10. The van der Waals surface area contributed by atoms with Gasteiger partial charge >= 0.3 is 0 Å². The summed E-state index contributed by atoms with van der Waals surface area (Å²) in [5.41, 5.74) is 0. The second-order valence-corrected chi connectivity index (χ2v) is 3.62. The molecule has 0 saturated carbocycles. The minimum Gasteiger partial charge on any atom is -0.494 e. The van der Waals surface area contributed by atoms with Crippen molar-refractivity contribution >= 4 is 5.95 Å². The fraction of sp³-hybridized carbons (Fsp3) is 0.600.